The third-order valence-corrected chi connectivity index (χ3v) is 4.79. The van der Waals surface area contributed by atoms with E-state index in [2.05, 4.69) is 15.9 Å². The normalized spacial score (nSPS) is 23.8. The number of hydrogen-bond acceptors (Lipinski definition) is 3. The van der Waals surface area contributed by atoms with Crippen molar-refractivity contribution < 1.29 is 0 Å². The highest BCUT2D eigenvalue weighted by Crippen LogP contribution is 2.31. The zero-order valence-corrected chi connectivity index (χ0v) is 12.4. The van der Waals surface area contributed by atoms with Crippen LogP contribution < -0.4 is 4.90 Å². The summed E-state index contributed by atoms with van der Waals surface area (Å²) in [6, 6.07) is 8.41. The standard InChI is InChI=1S/C16H20ClN3/c17-15-10-13(11-18)4-5-16(15)20-9-6-14(12-20)19-7-2-1-3-8-19/h4-5,10,14H,1-3,6-9,12H2. The van der Waals surface area contributed by atoms with E-state index in [4.69, 9.17) is 16.9 Å². The Labute approximate surface area is 125 Å². The summed E-state index contributed by atoms with van der Waals surface area (Å²) in [6.07, 6.45) is 5.28. The number of likely N-dealkylation sites (tertiary alicyclic amines) is 1. The van der Waals surface area contributed by atoms with Crippen molar-refractivity contribution in [1.82, 2.24) is 4.90 Å². The first kappa shape index (κ1) is 13.7. The summed E-state index contributed by atoms with van der Waals surface area (Å²) in [5.41, 5.74) is 1.70. The molecule has 1 unspecified atom stereocenters. The molecule has 0 amide bonds. The molecule has 2 fully saturated rings. The highest BCUT2D eigenvalue weighted by molar-refractivity contribution is 6.33. The SMILES string of the molecule is N#Cc1ccc(N2CCC(N3CCCCC3)C2)c(Cl)c1. The summed E-state index contributed by atoms with van der Waals surface area (Å²) in [5.74, 6) is 0. The molecule has 2 aliphatic heterocycles. The summed E-state index contributed by atoms with van der Waals surface area (Å²) in [4.78, 5) is 5.00. The molecule has 0 spiro atoms. The number of rotatable bonds is 2. The maximum atomic E-state index is 8.90. The molecule has 2 aliphatic rings. The smallest absolute Gasteiger partial charge is 0.0992 e. The number of nitrogens with zero attached hydrogens (tertiary/aromatic N) is 3. The van der Waals surface area contributed by atoms with E-state index in [0.29, 0.717) is 16.6 Å². The summed E-state index contributed by atoms with van der Waals surface area (Å²) in [5, 5.41) is 9.60. The summed E-state index contributed by atoms with van der Waals surface area (Å²) in [6.45, 7) is 4.62. The van der Waals surface area contributed by atoms with Gasteiger partial charge in [0, 0.05) is 19.1 Å². The Kier molecular flexibility index (Phi) is 4.14. The lowest BCUT2D eigenvalue weighted by molar-refractivity contribution is 0.175. The number of anilines is 1. The average molecular weight is 290 g/mol. The highest BCUT2D eigenvalue weighted by atomic mass is 35.5. The van der Waals surface area contributed by atoms with Gasteiger partial charge in [-0.15, -0.1) is 0 Å². The predicted molar refractivity (Wildman–Crippen MR) is 82.2 cm³/mol. The average Bonchev–Trinajstić information content (AvgIpc) is 2.97. The van der Waals surface area contributed by atoms with Crippen LogP contribution in [0.4, 0.5) is 5.69 Å². The minimum atomic E-state index is 0.630. The summed E-state index contributed by atoms with van der Waals surface area (Å²) < 4.78 is 0. The lowest BCUT2D eigenvalue weighted by Crippen LogP contribution is -2.40. The summed E-state index contributed by atoms with van der Waals surface area (Å²) >= 11 is 6.32. The first-order chi connectivity index (χ1) is 9.78. The lowest BCUT2D eigenvalue weighted by atomic mass is 10.1. The van der Waals surface area contributed by atoms with Crippen LogP contribution in [0, 0.1) is 11.3 Å². The predicted octanol–water partition coefficient (Wildman–Crippen LogP) is 3.28. The molecule has 1 atom stereocenters. The van der Waals surface area contributed by atoms with Crippen LogP contribution in [0.15, 0.2) is 18.2 Å². The fraction of sp³-hybridized carbons (Fsp3) is 0.562. The van der Waals surface area contributed by atoms with E-state index in [-0.39, 0.29) is 0 Å². The molecular weight excluding hydrogens is 270 g/mol. The van der Waals surface area contributed by atoms with Crippen molar-refractivity contribution in [2.24, 2.45) is 0 Å². The van der Waals surface area contributed by atoms with Gasteiger partial charge >= 0.3 is 0 Å². The van der Waals surface area contributed by atoms with E-state index >= 15 is 0 Å². The lowest BCUT2D eigenvalue weighted by Gasteiger charge is -2.32. The first-order valence-electron chi connectivity index (χ1n) is 7.46. The van der Waals surface area contributed by atoms with Crippen LogP contribution in [0.2, 0.25) is 5.02 Å². The van der Waals surface area contributed by atoms with Gasteiger partial charge < -0.3 is 4.90 Å². The molecule has 0 bridgehead atoms. The van der Waals surface area contributed by atoms with Crippen molar-refractivity contribution in [3.05, 3.63) is 28.8 Å². The molecule has 20 heavy (non-hydrogen) atoms. The van der Waals surface area contributed by atoms with Crippen LogP contribution in [0.3, 0.4) is 0 Å². The van der Waals surface area contributed by atoms with Crippen LogP contribution in [-0.4, -0.2) is 37.1 Å². The van der Waals surface area contributed by atoms with Crippen LogP contribution in [0.5, 0.6) is 0 Å². The van der Waals surface area contributed by atoms with Crippen LogP contribution in [-0.2, 0) is 0 Å². The van der Waals surface area contributed by atoms with Gasteiger partial charge in [-0.25, -0.2) is 0 Å². The van der Waals surface area contributed by atoms with Crippen molar-refractivity contribution in [3.63, 3.8) is 0 Å². The fourth-order valence-electron chi connectivity index (χ4n) is 3.38. The van der Waals surface area contributed by atoms with Gasteiger partial charge in [0.1, 0.15) is 0 Å². The third kappa shape index (κ3) is 2.77. The molecule has 0 aromatic heterocycles. The minimum absolute atomic E-state index is 0.630. The zero-order chi connectivity index (χ0) is 13.9. The molecule has 0 aliphatic carbocycles. The maximum Gasteiger partial charge on any atom is 0.0992 e. The first-order valence-corrected chi connectivity index (χ1v) is 7.84. The third-order valence-electron chi connectivity index (χ3n) is 4.49. The topological polar surface area (TPSA) is 30.3 Å². The monoisotopic (exact) mass is 289 g/mol. The van der Waals surface area contributed by atoms with E-state index in [9.17, 15) is 0 Å². The number of benzene rings is 1. The van der Waals surface area contributed by atoms with Gasteiger partial charge in [-0.2, -0.15) is 5.26 Å². The Bertz CT molecular complexity index is 517. The van der Waals surface area contributed by atoms with Crippen molar-refractivity contribution >= 4 is 17.3 Å². The highest BCUT2D eigenvalue weighted by Gasteiger charge is 2.29. The second-order valence-electron chi connectivity index (χ2n) is 5.76. The van der Waals surface area contributed by atoms with Gasteiger partial charge in [0.25, 0.3) is 0 Å². The van der Waals surface area contributed by atoms with Gasteiger partial charge in [-0.1, -0.05) is 18.0 Å². The molecule has 0 radical (unpaired) electrons. The van der Waals surface area contributed by atoms with Gasteiger partial charge in [0.05, 0.1) is 22.3 Å². The van der Waals surface area contributed by atoms with Crippen molar-refractivity contribution in [3.8, 4) is 6.07 Å². The van der Waals surface area contributed by atoms with Crippen molar-refractivity contribution in [2.75, 3.05) is 31.1 Å². The van der Waals surface area contributed by atoms with Crippen LogP contribution >= 0.6 is 11.6 Å². The Morgan fingerprint density at radius 2 is 1.95 bits per heavy atom. The van der Waals surface area contributed by atoms with Crippen LogP contribution in [0.1, 0.15) is 31.2 Å². The van der Waals surface area contributed by atoms with E-state index in [0.717, 1.165) is 18.8 Å². The molecule has 0 N–H and O–H groups in total. The Morgan fingerprint density at radius 1 is 1.15 bits per heavy atom. The Hall–Kier alpha value is -1.24. The molecule has 1 aromatic rings. The second kappa shape index (κ2) is 6.03. The summed E-state index contributed by atoms with van der Waals surface area (Å²) in [7, 11) is 0. The van der Waals surface area contributed by atoms with Crippen molar-refractivity contribution in [1.29, 1.82) is 5.26 Å². The number of hydrogen-bond donors (Lipinski definition) is 0. The second-order valence-corrected chi connectivity index (χ2v) is 6.17. The molecule has 106 valence electrons. The van der Waals surface area contributed by atoms with Gasteiger partial charge in [-0.05, 0) is 50.6 Å². The van der Waals surface area contributed by atoms with Gasteiger partial charge in [0.15, 0.2) is 0 Å². The molecule has 3 rings (SSSR count). The molecule has 2 heterocycles. The Morgan fingerprint density at radius 3 is 2.65 bits per heavy atom. The Balaban J connectivity index is 1.69. The number of nitriles is 1. The van der Waals surface area contributed by atoms with E-state index in [1.807, 2.05) is 12.1 Å². The molecule has 3 nitrogen and oxygen atoms in total. The van der Waals surface area contributed by atoms with E-state index in [1.54, 1.807) is 6.07 Å². The van der Waals surface area contributed by atoms with E-state index in [1.165, 1.54) is 38.8 Å². The fourth-order valence-corrected chi connectivity index (χ4v) is 3.68. The molecule has 2 saturated heterocycles. The maximum absolute atomic E-state index is 8.90. The van der Waals surface area contributed by atoms with Crippen LogP contribution in [0.25, 0.3) is 0 Å². The molecule has 4 heteroatoms. The van der Waals surface area contributed by atoms with E-state index < -0.39 is 0 Å². The number of piperidine rings is 1. The van der Waals surface area contributed by atoms with Gasteiger partial charge in [0.2, 0.25) is 0 Å². The minimum Gasteiger partial charge on any atom is -0.369 e. The number of halogens is 1. The quantitative estimate of drug-likeness (QED) is 0.837. The van der Waals surface area contributed by atoms with Crippen molar-refractivity contribution in [2.45, 2.75) is 31.7 Å². The molecule has 1 aromatic carbocycles. The largest absolute Gasteiger partial charge is 0.369 e. The van der Waals surface area contributed by atoms with Gasteiger partial charge in [-0.3, -0.25) is 4.90 Å². The zero-order valence-electron chi connectivity index (χ0n) is 11.7. The molecular formula is C16H20ClN3. The molecule has 0 saturated carbocycles.